The molecule has 4 rings (SSSR count). The number of phenols is 1. The van der Waals surface area contributed by atoms with Crippen LogP contribution >= 0.6 is 11.3 Å². The third-order valence-corrected chi connectivity index (χ3v) is 5.19. The number of aromatic hydroxyl groups is 1. The number of amides is 1. The Morgan fingerprint density at radius 3 is 2.83 bits per heavy atom. The molecule has 0 aliphatic carbocycles. The van der Waals surface area contributed by atoms with Crippen molar-refractivity contribution in [2.45, 2.75) is 13.0 Å². The van der Waals surface area contributed by atoms with E-state index in [1.165, 1.54) is 46.9 Å². The van der Waals surface area contributed by atoms with E-state index in [0.29, 0.717) is 17.3 Å². The van der Waals surface area contributed by atoms with Gasteiger partial charge in [0, 0.05) is 11.6 Å². The first-order chi connectivity index (χ1) is 14.0. The maximum atomic E-state index is 13.1. The molecule has 0 radical (unpaired) electrons. The van der Waals surface area contributed by atoms with Gasteiger partial charge in [0.2, 0.25) is 5.78 Å². The molecule has 2 aromatic heterocycles. The van der Waals surface area contributed by atoms with Gasteiger partial charge >= 0.3 is 0 Å². The number of aliphatic hydroxyl groups is 1. The fourth-order valence-electron chi connectivity index (χ4n) is 3.20. The highest BCUT2D eigenvalue weighted by Crippen LogP contribution is 2.44. The minimum Gasteiger partial charge on any atom is -0.504 e. The molecule has 29 heavy (non-hydrogen) atoms. The van der Waals surface area contributed by atoms with Crippen LogP contribution in [0, 0.1) is 0 Å². The Hall–Kier alpha value is -3.59. The van der Waals surface area contributed by atoms with Crippen LogP contribution in [0.1, 0.15) is 29.1 Å². The summed E-state index contributed by atoms with van der Waals surface area (Å²) < 4.78 is 10.6. The van der Waals surface area contributed by atoms with Gasteiger partial charge in [-0.25, -0.2) is 4.98 Å². The summed E-state index contributed by atoms with van der Waals surface area (Å²) in [5, 5.41) is 22.6. The van der Waals surface area contributed by atoms with E-state index in [9.17, 15) is 19.8 Å². The van der Waals surface area contributed by atoms with Gasteiger partial charge in [-0.1, -0.05) is 6.07 Å². The molecular weight excluding hydrogens is 396 g/mol. The van der Waals surface area contributed by atoms with Gasteiger partial charge in [-0.3, -0.25) is 14.5 Å². The molecule has 1 amide bonds. The highest BCUT2D eigenvalue weighted by atomic mass is 32.1. The number of Topliss-reactive ketones (excluding diaryl/α,β-unsaturated/α-hetero) is 1. The number of ketones is 1. The monoisotopic (exact) mass is 412 g/mol. The molecular formula is C20H16N2O6S. The maximum Gasteiger partial charge on any atom is 0.296 e. The summed E-state index contributed by atoms with van der Waals surface area (Å²) in [5.74, 6) is -1.91. The van der Waals surface area contributed by atoms with Gasteiger partial charge in [-0.05, 0) is 36.8 Å². The van der Waals surface area contributed by atoms with Crippen LogP contribution in [0.25, 0.3) is 0 Å². The molecule has 0 saturated heterocycles. The molecule has 1 aliphatic rings. The van der Waals surface area contributed by atoms with E-state index < -0.39 is 23.5 Å². The Morgan fingerprint density at radius 2 is 2.17 bits per heavy atom. The molecule has 1 aromatic carbocycles. The molecule has 2 N–H and O–H groups in total. The molecule has 0 fully saturated rings. The zero-order valence-electron chi connectivity index (χ0n) is 15.2. The second-order valence-electron chi connectivity index (χ2n) is 6.12. The minimum absolute atomic E-state index is 0.00542. The van der Waals surface area contributed by atoms with Crippen molar-refractivity contribution in [2.75, 3.05) is 11.5 Å². The molecule has 0 bridgehead atoms. The van der Waals surface area contributed by atoms with Crippen LogP contribution in [0.5, 0.6) is 11.5 Å². The Labute approximate surface area is 169 Å². The molecule has 3 aromatic rings. The average Bonchev–Trinajstić information content (AvgIpc) is 3.46. The third kappa shape index (κ3) is 3.15. The van der Waals surface area contributed by atoms with Gasteiger partial charge in [-0.15, -0.1) is 11.3 Å². The van der Waals surface area contributed by atoms with Crippen molar-refractivity contribution in [1.29, 1.82) is 0 Å². The van der Waals surface area contributed by atoms with Crippen molar-refractivity contribution in [1.82, 2.24) is 4.98 Å². The number of hydrogen-bond acceptors (Lipinski definition) is 8. The molecule has 1 unspecified atom stereocenters. The lowest BCUT2D eigenvalue weighted by atomic mass is 9.95. The Kier molecular flexibility index (Phi) is 4.81. The van der Waals surface area contributed by atoms with Gasteiger partial charge in [-0.2, -0.15) is 0 Å². The highest BCUT2D eigenvalue weighted by molar-refractivity contribution is 7.13. The van der Waals surface area contributed by atoms with Crippen LogP contribution in [0.4, 0.5) is 5.13 Å². The molecule has 1 atom stereocenters. The van der Waals surface area contributed by atoms with E-state index >= 15 is 0 Å². The summed E-state index contributed by atoms with van der Waals surface area (Å²) in [7, 11) is 0. The number of carbonyl (C=O) groups excluding carboxylic acids is 2. The summed E-state index contributed by atoms with van der Waals surface area (Å²) in [5.41, 5.74) is 0.335. The van der Waals surface area contributed by atoms with E-state index in [1.807, 2.05) is 0 Å². The first kappa shape index (κ1) is 18.8. The van der Waals surface area contributed by atoms with Crippen molar-refractivity contribution in [3.8, 4) is 11.5 Å². The number of aliphatic hydroxyl groups excluding tert-OH is 1. The van der Waals surface area contributed by atoms with Crippen LogP contribution in [0.3, 0.4) is 0 Å². The van der Waals surface area contributed by atoms with Gasteiger partial charge in [0.25, 0.3) is 5.91 Å². The maximum absolute atomic E-state index is 13.1. The molecule has 3 heterocycles. The molecule has 148 valence electrons. The normalized spacial score (nSPS) is 16.5. The predicted octanol–water partition coefficient (Wildman–Crippen LogP) is 3.62. The second-order valence-corrected chi connectivity index (χ2v) is 6.99. The van der Waals surface area contributed by atoms with E-state index in [-0.39, 0.29) is 22.8 Å². The lowest BCUT2D eigenvalue weighted by molar-refractivity contribution is -0.117. The Morgan fingerprint density at radius 1 is 1.34 bits per heavy atom. The lowest BCUT2D eigenvalue weighted by Crippen LogP contribution is -2.30. The summed E-state index contributed by atoms with van der Waals surface area (Å²) in [6, 6.07) is 6.54. The van der Waals surface area contributed by atoms with Gasteiger partial charge in [0.15, 0.2) is 28.1 Å². The van der Waals surface area contributed by atoms with Crippen molar-refractivity contribution >= 4 is 28.2 Å². The first-order valence-electron chi connectivity index (χ1n) is 8.73. The largest absolute Gasteiger partial charge is 0.504 e. The first-order valence-corrected chi connectivity index (χ1v) is 9.61. The van der Waals surface area contributed by atoms with Crippen molar-refractivity contribution < 1.29 is 29.0 Å². The molecule has 0 saturated carbocycles. The molecule has 8 nitrogen and oxygen atoms in total. The number of hydrogen-bond donors (Lipinski definition) is 2. The summed E-state index contributed by atoms with van der Waals surface area (Å²) in [4.78, 5) is 31.3. The van der Waals surface area contributed by atoms with Crippen molar-refractivity contribution in [3.63, 3.8) is 0 Å². The lowest BCUT2D eigenvalue weighted by Gasteiger charge is -2.24. The third-order valence-electron chi connectivity index (χ3n) is 4.42. The number of furan rings is 1. The van der Waals surface area contributed by atoms with Crippen LogP contribution in [-0.2, 0) is 4.79 Å². The fourth-order valence-corrected chi connectivity index (χ4v) is 3.86. The number of aromatic nitrogens is 1. The average molecular weight is 412 g/mol. The number of benzene rings is 1. The van der Waals surface area contributed by atoms with E-state index in [2.05, 4.69) is 4.98 Å². The number of carbonyl (C=O) groups is 2. The number of ether oxygens (including phenoxy) is 1. The summed E-state index contributed by atoms with van der Waals surface area (Å²) in [6.45, 7) is 2.08. The van der Waals surface area contributed by atoms with Gasteiger partial charge < -0.3 is 19.4 Å². The zero-order chi connectivity index (χ0) is 20.5. The van der Waals surface area contributed by atoms with E-state index in [0.717, 1.165) is 0 Å². The van der Waals surface area contributed by atoms with Crippen LogP contribution < -0.4 is 9.64 Å². The standard InChI is InChI=1S/C20H16N2O6S/c1-2-27-14-10-11(5-6-12(14)23)16-15(17(24)13-4-3-8-28-13)18(25)19(26)22(16)20-21-7-9-29-20/h3-10,16,23,25H,2H2,1H3. The van der Waals surface area contributed by atoms with Gasteiger partial charge in [0.05, 0.1) is 24.5 Å². The highest BCUT2D eigenvalue weighted by Gasteiger charge is 2.46. The van der Waals surface area contributed by atoms with Gasteiger partial charge in [0.1, 0.15) is 0 Å². The topological polar surface area (TPSA) is 113 Å². The molecule has 9 heteroatoms. The smallest absolute Gasteiger partial charge is 0.296 e. The summed E-state index contributed by atoms with van der Waals surface area (Å²) >= 11 is 1.19. The van der Waals surface area contributed by atoms with Crippen molar-refractivity contribution in [2.24, 2.45) is 0 Å². The number of phenolic OH excluding ortho intramolecular Hbond substituents is 1. The molecule has 0 spiro atoms. The van der Waals surface area contributed by atoms with E-state index in [1.54, 1.807) is 24.4 Å². The number of thiazole rings is 1. The van der Waals surface area contributed by atoms with Crippen molar-refractivity contribution in [3.05, 3.63) is 70.8 Å². The molecule has 1 aliphatic heterocycles. The predicted molar refractivity (Wildman–Crippen MR) is 104 cm³/mol. The van der Waals surface area contributed by atoms with E-state index in [4.69, 9.17) is 9.15 Å². The Balaban J connectivity index is 1.88. The number of rotatable bonds is 6. The Bertz CT molecular complexity index is 1090. The SMILES string of the molecule is CCOc1cc(C2C(C(=O)c3ccco3)=C(O)C(=O)N2c2nccs2)ccc1O. The number of anilines is 1. The minimum atomic E-state index is -0.967. The summed E-state index contributed by atoms with van der Waals surface area (Å²) in [6.07, 6.45) is 2.86. The van der Waals surface area contributed by atoms with Crippen LogP contribution in [0.2, 0.25) is 0 Å². The quantitative estimate of drug-likeness (QED) is 0.595. The number of nitrogens with zero attached hydrogens (tertiary/aromatic N) is 2. The second kappa shape index (κ2) is 7.44. The van der Waals surface area contributed by atoms with Crippen LogP contribution in [0.15, 0.2) is 63.9 Å². The van der Waals surface area contributed by atoms with Crippen LogP contribution in [-0.4, -0.2) is 33.5 Å². The zero-order valence-corrected chi connectivity index (χ0v) is 16.0. The fraction of sp³-hybridized carbons (Fsp3) is 0.150.